The molecule has 0 saturated carbocycles. The van der Waals surface area contributed by atoms with Crippen LogP contribution >= 0.6 is 23.5 Å². The molecule has 0 fully saturated rings. The highest BCUT2D eigenvalue weighted by Gasteiger charge is 2.34. The number of hydrogen-bond donors (Lipinski definition) is 0. The molecule has 0 aromatic carbocycles. The molecule has 0 aliphatic carbocycles. The van der Waals surface area contributed by atoms with E-state index in [0.29, 0.717) is 9.09 Å². The van der Waals surface area contributed by atoms with E-state index < -0.39 is 0 Å². The molecule has 0 aliphatic heterocycles. The van der Waals surface area contributed by atoms with Crippen molar-refractivity contribution in [2.75, 3.05) is 12.5 Å². The summed E-state index contributed by atoms with van der Waals surface area (Å²) in [5.41, 5.74) is 0. The van der Waals surface area contributed by atoms with Gasteiger partial charge in [-0.2, -0.15) is 23.5 Å². The predicted octanol–water partition coefficient (Wildman–Crippen LogP) is -2.45. The lowest BCUT2D eigenvalue weighted by Crippen LogP contribution is -2.51. The summed E-state index contributed by atoms with van der Waals surface area (Å²) >= 11 is 3.88. The fraction of sp³-hybridized carbons (Fsp3) is 1.00. The first-order valence-electron chi connectivity index (χ1n) is 3.47. The highest BCUT2D eigenvalue weighted by atomic mass is 32.2. The van der Waals surface area contributed by atoms with Gasteiger partial charge in [0.2, 0.25) is 0 Å². The third-order valence-corrected chi connectivity index (χ3v) is 5.66. The van der Waals surface area contributed by atoms with Crippen molar-refractivity contribution in [3.63, 3.8) is 0 Å². The summed E-state index contributed by atoms with van der Waals surface area (Å²) in [7, 11) is 9.20. The molecule has 6 heteroatoms. The standard InChI is InChI=1S/C4H14B4S2/c1-9-3(5,6)4(7,8)10-2/h5-8H2,1-2H3. The fourth-order valence-electron chi connectivity index (χ4n) is 0.492. The van der Waals surface area contributed by atoms with E-state index in [9.17, 15) is 0 Å². The van der Waals surface area contributed by atoms with E-state index in [2.05, 4.69) is 43.9 Å². The minimum absolute atomic E-state index is 0.367. The van der Waals surface area contributed by atoms with Crippen LogP contribution in [0.1, 0.15) is 0 Å². The quantitative estimate of drug-likeness (QED) is 0.431. The molecule has 0 spiro atoms. The Balaban J connectivity index is 4.28. The topological polar surface area (TPSA) is 0 Å². The molecule has 0 N–H and O–H groups in total. The van der Waals surface area contributed by atoms with Crippen LogP contribution in [0.25, 0.3) is 0 Å². The van der Waals surface area contributed by atoms with Crippen molar-refractivity contribution in [3.05, 3.63) is 0 Å². The summed E-state index contributed by atoms with van der Waals surface area (Å²) in [6, 6.07) is 0. The van der Waals surface area contributed by atoms with E-state index in [1.807, 2.05) is 23.5 Å². The Kier molecular flexibility index (Phi) is 3.92. The summed E-state index contributed by atoms with van der Waals surface area (Å²) in [6.07, 6.45) is 4.36. The molecule has 10 heavy (non-hydrogen) atoms. The Labute approximate surface area is 76.7 Å². The largest absolute Gasteiger partial charge is 0.176 e. The maximum Gasteiger partial charge on any atom is 0.111 e. The fourth-order valence-corrected chi connectivity index (χ4v) is 1.97. The Bertz CT molecular complexity index is 99.8. The van der Waals surface area contributed by atoms with Gasteiger partial charge in [-0.05, 0) is 21.6 Å². The van der Waals surface area contributed by atoms with Crippen LogP contribution in [0.2, 0.25) is 0 Å². The molecule has 0 heterocycles. The van der Waals surface area contributed by atoms with Gasteiger partial charge in [0.15, 0.2) is 0 Å². The van der Waals surface area contributed by atoms with Crippen molar-refractivity contribution < 1.29 is 0 Å². The molecule has 0 nitrogen and oxygen atoms in total. The minimum Gasteiger partial charge on any atom is -0.176 e. The van der Waals surface area contributed by atoms with Gasteiger partial charge >= 0.3 is 0 Å². The lowest BCUT2D eigenvalue weighted by molar-refractivity contribution is 1.13. The molecule has 0 saturated heterocycles. The summed E-state index contributed by atoms with van der Waals surface area (Å²) < 4.78 is 0.735. The first kappa shape index (κ1) is 11.0. The van der Waals surface area contributed by atoms with Crippen molar-refractivity contribution in [2.45, 2.75) is 9.09 Å². The molecule has 0 rings (SSSR count). The lowest BCUT2D eigenvalue weighted by Gasteiger charge is -2.39. The van der Waals surface area contributed by atoms with Crippen LogP contribution < -0.4 is 0 Å². The maximum atomic E-state index is 2.30. The molecular formula is C4H14B4S2. The van der Waals surface area contributed by atoms with E-state index in [1.54, 1.807) is 0 Å². The van der Waals surface area contributed by atoms with Gasteiger partial charge in [-0.25, -0.2) is 0 Å². The first-order valence-corrected chi connectivity index (χ1v) is 5.92. The predicted molar refractivity (Wildman–Crippen MR) is 66.7 cm³/mol. The van der Waals surface area contributed by atoms with Crippen LogP contribution in [0.15, 0.2) is 0 Å². The molecule has 0 aromatic rings. The smallest absolute Gasteiger partial charge is 0.111 e. The van der Waals surface area contributed by atoms with Crippen LogP contribution in [0, 0.1) is 0 Å². The SMILES string of the molecule is BC(B)(SC)C(B)(B)SC. The van der Waals surface area contributed by atoms with Gasteiger partial charge in [0.25, 0.3) is 0 Å². The van der Waals surface area contributed by atoms with Gasteiger partial charge in [0.1, 0.15) is 31.4 Å². The second-order valence-electron chi connectivity index (χ2n) is 3.43. The van der Waals surface area contributed by atoms with Gasteiger partial charge in [0.05, 0.1) is 0 Å². The highest BCUT2D eigenvalue weighted by Crippen LogP contribution is 2.32. The van der Waals surface area contributed by atoms with E-state index in [-0.39, 0.29) is 0 Å². The zero-order valence-corrected chi connectivity index (χ0v) is 9.45. The molecule has 0 radical (unpaired) electrons. The first-order chi connectivity index (χ1) is 4.37. The van der Waals surface area contributed by atoms with Gasteiger partial charge in [-0.1, -0.05) is 0 Å². The molecule has 54 valence electrons. The monoisotopic (exact) mass is 170 g/mol. The summed E-state index contributed by atoms with van der Waals surface area (Å²) in [5.74, 6) is 0. The van der Waals surface area contributed by atoms with Crippen LogP contribution in [-0.4, -0.2) is 53.0 Å². The normalized spacial score (nSPS) is 13.4. The van der Waals surface area contributed by atoms with Crippen molar-refractivity contribution in [2.24, 2.45) is 0 Å². The average Bonchev–Trinajstić information content (AvgIpc) is 1.88. The summed E-state index contributed by atoms with van der Waals surface area (Å²) in [5, 5.41) is 0. The van der Waals surface area contributed by atoms with Crippen LogP contribution in [-0.2, 0) is 0 Å². The number of thioether (sulfide) groups is 2. The van der Waals surface area contributed by atoms with Crippen molar-refractivity contribution in [3.8, 4) is 0 Å². The molecule has 0 bridgehead atoms. The number of rotatable bonds is 3. The third-order valence-electron chi connectivity index (χ3n) is 2.47. The minimum atomic E-state index is 0.367. The van der Waals surface area contributed by atoms with Gasteiger partial charge in [-0.15, -0.1) is 0 Å². The zero-order chi connectivity index (χ0) is 8.41. The molecular weight excluding hydrogens is 155 g/mol. The van der Waals surface area contributed by atoms with Crippen molar-refractivity contribution >= 4 is 54.9 Å². The maximum absolute atomic E-state index is 2.30. The van der Waals surface area contributed by atoms with Crippen molar-refractivity contribution in [1.82, 2.24) is 0 Å². The third kappa shape index (κ3) is 2.23. The molecule has 0 amide bonds. The Morgan fingerprint density at radius 3 is 1.10 bits per heavy atom. The van der Waals surface area contributed by atoms with E-state index in [1.165, 1.54) is 0 Å². The Morgan fingerprint density at radius 2 is 1.00 bits per heavy atom. The molecule has 0 aliphatic rings. The van der Waals surface area contributed by atoms with Crippen LogP contribution in [0.3, 0.4) is 0 Å². The Morgan fingerprint density at radius 1 is 0.800 bits per heavy atom. The summed E-state index contributed by atoms with van der Waals surface area (Å²) in [6.45, 7) is 0. The van der Waals surface area contributed by atoms with Gasteiger partial charge in [-0.3, -0.25) is 0 Å². The van der Waals surface area contributed by atoms with E-state index >= 15 is 0 Å². The molecule has 0 atom stereocenters. The Hall–Kier alpha value is 0.960. The van der Waals surface area contributed by atoms with Crippen molar-refractivity contribution in [1.29, 1.82) is 0 Å². The van der Waals surface area contributed by atoms with Gasteiger partial charge in [0, 0.05) is 0 Å². The summed E-state index contributed by atoms with van der Waals surface area (Å²) in [4.78, 5) is 0. The van der Waals surface area contributed by atoms with E-state index in [0.717, 1.165) is 0 Å². The van der Waals surface area contributed by atoms with Crippen LogP contribution in [0.5, 0.6) is 0 Å². The zero-order valence-electron chi connectivity index (χ0n) is 7.82. The van der Waals surface area contributed by atoms with E-state index in [4.69, 9.17) is 0 Å². The molecule has 0 aromatic heterocycles. The lowest BCUT2D eigenvalue weighted by atomic mass is 9.47. The highest BCUT2D eigenvalue weighted by molar-refractivity contribution is 8.07. The second kappa shape index (κ2) is 3.57. The second-order valence-corrected chi connectivity index (χ2v) is 6.29. The van der Waals surface area contributed by atoms with Crippen LogP contribution in [0.4, 0.5) is 0 Å². The average molecular weight is 170 g/mol. The number of hydrogen-bond acceptors (Lipinski definition) is 2. The van der Waals surface area contributed by atoms with Gasteiger partial charge < -0.3 is 0 Å². The molecule has 0 unspecified atom stereocenters.